The summed E-state index contributed by atoms with van der Waals surface area (Å²) >= 11 is 0. The molecule has 1 amide bonds. The number of aromatic nitrogens is 1. The Balaban J connectivity index is 1.76. The highest BCUT2D eigenvalue weighted by Crippen LogP contribution is 2.20. The van der Waals surface area contributed by atoms with E-state index in [0.717, 1.165) is 24.1 Å². The van der Waals surface area contributed by atoms with Crippen LogP contribution in [0.25, 0.3) is 0 Å². The number of nitrogens with zero attached hydrogens (tertiary/aromatic N) is 2. The van der Waals surface area contributed by atoms with Gasteiger partial charge < -0.3 is 9.42 Å². The van der Waals surface area contributed by atoms with Crippen molar-refractivity contribution in [3.05, 3.63) is 46.8 Å². The summed E-state index contributed by atoms with van der Waals surface area (Å²) in [6.45, 7) is 4.56. The van der Waals surface area contributed by atoms with E-state index in [1.165, 1.54) is 0 Å². The van der Waals surface area contributed by atoms with Crippen LogP contribution in [0.4, 0.5) is 0 Å². The highest BCUT2D eigenvalue weighted by Gasteiger charge is 2.25. The van der Waals surface area contributed by atoms with Gasteiger partial charge in [-0.25, -0.2) is 13.1 Å². The molecule has 0 atom stereocenters. The molecule has 1 aromatic heterocycles. The number of amides is 1. The summed E-state index contributed by atoms with van der Waals surface area (Å²) in [5.41, 5.74) is 2.12. The van der Waals surface area contributed by atoms with Gasteiger partial charge in [0, 0.05) is 26.1 Å². The zero-order chi connectivity index (χ0) is 18.0. The van der Waals surface area contributed by atoms with Gasteiger partial charge in [-0.1, -0.05) is 29.4 Å². The summed E-state index contributed by atoms with van der Waals surface area (Å²) in [7, 11) is -3.72. The van der Waals surface area contributed by atoms with Gasteiger partial charge in [-0.2, -0.15) is 0 Å². The summed E-state index contributed by atoms with van der Waals surface area (Å²) in [5.74, 6) is 0.409. The Morgan fingerprint density at radius 2 is 1.96 bits per heavy atom. The molecular weight excluding hydrogens is 342 g/mol. The molecule has 1 aliphatic heterocycles. The number of rotatable bonds is 6. The summed E-state index contributed by atoms with van der Waals surface area (Å²) in [5, 5.41) is 3.69. The highest BCUT2D eigenvalue weighted by molar-refractivity contribution is 7.89. The number of sulfonamides is 1. The quantitative estimate of drug-likeness (QED) is 0.846. The average molecular weight is 363 g/mol. The molecule has 7 nitrogen and oxygen atoms in total. The van der Waals surface area contributed by atoms with Crippen LogP contribution in [-0.4, -0.2) is 30.9 Å². The molecular formula is C17H21N3O4S. The molecule has 1 N–H and O–H groups in total. The molecule has 2 heterocycles. The standard InChI is InChI=1S/C17H21N3O4S/c1-12-17(13(2)24-19-12)25(22,23)18-10-14-6-3-4-7-15(14)11-20-9-5-8-16(20)21/h3-4,6-7,18H,5,8-11H2,1-2H3. The second-order valence-electron chi connectivity index (χ2n) is 6.17. The van der Waals surface area contributed by atoms with Crippen molar-refractivity contribution in [3.8, 4) is 0 Å². The van der Waals surface area contributed by atoms with Gasteiger partial charge in [0.1, 0.15) is 10.6 Å². The monoisotopic (exact) mass is 363 g/mol. The maximum atomic E-state index is 12.5. The van der Waals surface area contributed by atoms with E-state index in [2.05, 4.69) is 9.88 Å². The molecule has 2 aromatic rings. The number of likely N-dealkylation sites (tertiary alicyclic amines) is 1. The lowest BCUT2D eigenvalue weighted by Crippen LogP contribution is -2.27. The molecule has 0 unspecified atom stereocenters. The first kappa shape index (κ1) is 17.6. The van der Waals surface area contributed by atoms with Crippen LogP contribution in [0.5, 0.6) is 0 Å². The third kappa shape index (κ3) is 3.74. The van der Waals surface area contributed by atoms with Crippen LogP contribution < -0.4 is 4.72 Å². The van der Waals surface area contributed by atoms with Gasteiger partial charge in [-0.3, -0.25) is 4.79 Å². The maximum Gasteiger partial charge on any atom is 0.246 e. The van der Waals surface area contributed by atoms with Crippen LogP contribution in [-0.2, 0) is 27.9 Å². The van der Waals surface area contributed by atoms with E-state index in [0.29, 0.717) is 18.7 Å². The Kier molecular flexibility index (Phi) is 4.91. The third-order valence-electron chi connectivity index (χ3n) is 4.34. The van der Waals surface area contributed by atoms with Gasteiger partial charge in [0.15, 0.2) is 5.76 Å². The fraction of sp³-hybridized carbons (Fsp3) is 0.412. The number of carbonyl (C=O) groups excluding carboxylic acids is 1. The number of nitrogens with one attached hydrogen (secondary N) is 1. The topological polar surface area (TPSA) is 92.5 Å². The predicted molar refractivity (Wildman–Crippen MR) is 91.1 cm³/mol. The summed E-state index contributed by atoms with van der Waals surface area (Å²) in [6, 6.07) is 7.54. The van der Waals surface area contributed by atoms with Crippen LogP contribution in [0.1, 0.15) is 35.4 Å². The van der Waals surface area contributed by atoms with Gasteiger partial charge in [0.05, 0.1) is 0 Å². The molecule has 3 rings (SSSR count). The number of carbonyl (C=O) groups is 1. The van der Waals surface area contributed by atoms with Crippen molar-refractivity contribution in [2.24, 2.45) is 0 Å². The molecule has 1 aliphatic rings. The lowest BCUT2D eigenvalue weighted by molar-refractivity contribution is -0.128. The van der Waals surface area contributed by atoms with Crippen LogP contribution in [0.2, 0.25) is 0 Å². The first-order valence-electron chi connectivity index (χ1n) is 8.15. The Morgan fingerprint density at radius 1 is 1.24 bits per heavy atom. The largest absolute Gasteiger partial charge is 0.360 e. The van der Waals surface area contributed by atoms with Crippen molar-refractivity contribution in [2.75, 3.05) is 6.54 Å². The molecule has 1 saturated heterocycles. The van der Waals surface area contributed by atoms with Crippen molar-refractivity contribution in [1.29, 1.82) is 0 Å². The van der Waals surface area contributed by atoms with E-state index in [9.17, 15) is 13.2 Å². The zero-order valence-corrected chi connectivity index (χ0v) is 15.1. The van der Waals surface area contributed by atoms with Gasteiger partial charge in [-0.15, -0.1) is 0 Å². The molecule has 1 aromatic carbocycles. The Labute approximate surface area is 147 Å². The van der Waals surface area contributed by atoms with Crippen molar-refractivity contribution in [2.45, 2.75) is 44.7 Å². The van der Waals surface area contributed by atoms with Crippen molar-refractivity contribution in [3.63, 3.8) is 0 Å². The summed E-state index contributed by atoms with van der Waals surface area (Å²) in [4.78, 5) is 13.7. The minimum atomic E-state index is -3.72. The average Bonchev–Trinajstić information content (AvgIpc) is 3.12. The van der Waals surface area contributed by atoms with E-state index in [-0.39, 0.29) is 23.1 Å². The van der Waals surface area contributed by atoms with Crippen LogP contribution >= 0.6 is 0 Å². The molecule has 8 heteroatoms. The van der Waals surface area contributed by atoms with Gasteiger partial charge in [-0.05, 0) is 31.4 Å². The molecule has 0 aliphatic carbocycles. The van der Waals surface area contributed by atoms with Crippen molar-refractivity contribution < 1.29 is 17.7 Å². The maximum absolute atomic E-state index is 12.5. The SMILES string of the molecule is Cc1noc(C)c1S(=O)(=O)NCc1ccccc1CN1CCCC1=O. The lowest BCUT2D eigenvalue weighted by atomic mass is 10.1. The lowest BCUT2D eigenvalue weighted by Gasteiger charge is -2.18. The number of hydrogen-bond donors (Lipinski definition) is 1. The molecule has 0 saturated carbocycles. The van der Waals surface area contributed by atoms with E-state index in [4.69, 9.17) is 4.52 Å². The van der Waals surface area contributed by atoms with Gasteiger partial charge in [0.25, 0.3) is 0 Å². The predicted octanol–water partition coefficient (Wildman–Crippen LogP) is 1.89. The first-order chi connectivity index (χ1) is 11.9. The van der Waals surface area contributed by atoms with Crippen molar-refractivity contribution in [1.82, 2.24) is 14.8 Å². The van der Waals surface area contributed by atoms with E-state index < -0.39 is 10.0 Å². The molecule has 25 heavy (non-hydrogen) atoms. The fourth-order valence-electron chi connectivity index (χ4n) is 3.06. The Hall–Kier alpha value is -2.19. The fourth-order valence-corrected chi connectivity index (χ4v) is 4.40. The number of aryl methyl sites for hydroxylation is 2. The second-order valence-corrected chi connectivity index (χ2v) is 7.87. The Morgan fingerprint density at radius 3 is 2.56 bits per heavy atom. The Bertz CT molecular complexity index is 870. The molecule has 0 radical (unpaired) electrons. The molecule has 0 spiro atoms. The summed E-state index contributed by atoms with van der Waals surface area (Å²) in [6.07, 6.45) is 1.46. The minimum absolute atomic E-state index is 0.0831. The highest BCUT2D eigenvalue weighted by atomic mass is 32.2. The number of benzene rings is 1. The van der Waals surface area contributed by atoms with E-state index >= 15 is 0 Å². The first-order valence-corrected chi connectivity index (χ1v) is 9.64. The van der Waals surface area contributed by atoms with Gasteiger partial charge >= 0.3 is 0 Å². The second kappa shape index (κ2) is 6.97. The smallest absolute Gasteiger partial charge is 0.246 e. The number of hydrogen-bond acceptors (Lipinski definition) is 5. The minimum Gasteiger partial charge on any atom is -0.360 e. The van der Waals surface area contributed by atoms with Crippen molar-refractivity contribution >= 4 is 15.9 Å². The van der Waals surface area contributed by atoms with Gasteiger partial charge in [0.2, 0.25) is 15.9 Å². The normalized spacial score (nSPS) is 15.1. The van der Waals surface area contributed by atoms with E-state index in [1.807, 2.05) is 29.2 Å². The van der Waals surface area contributed by atoms with Crippen LogP contribution in [0, 0.1) is 13.8 Å². The third-order valence-corrected chi connectivity index (χ3v) is 5.98. The molecule has 1 fully saturated rings. The molecule has 0 bridgehead atoms. The summed E-state index contributed by atoms with van der Waals surface area (Å²) < 4.78 is 32.6. The van der Waals surface area contributed by atoms with Crippen LogP contribution in [0.3, 0.4) is 0 Å². The van der Waals surface area contributed by atoms with E-state index in [1.54, 1.807) is 13.8 Å². The molecule has 134 valence electrons. The zero-order valence-electron chi connectivity index (χ0n) is 14.3. The van der Waals surface area contributed by atoms with Crippen LogP contribution in [0.15, 0.2) is 33.7 Å².